The van der Waals surface area contributed by atoms with E-state index in [1.165, 1.54) is 12.0 Å². The lowest BCUT2D eigenvalue weighted by Gasteiger charge is -2.11. The lowest BCUT2D eigenvalue weighted by Crippen LogP contribution is -2.21. The second-order valence-corrected chi connectivity index (χ2v) is 4.83. The number of rotatable bonds is 10. The summed E-state index contributed by atoms with van der Waals surface area (Å²) < 4.78 is 11.1. The summed E-state index contributed by atoms with van der Waals surface area (Å²) in [6, 6.07) is 8.40. The van der Waals surface area contributed by atoms with Gasteiger partial charge in [-0.15, -0.1) is 0 Å². The zero-order chi connectivity index (χ0) is 13.9. The Bertz CT molecular complexity index is 341. The van der Waals surface area contributed by atoms with E-state index in [0.717, 1.165) is 31.6 Å². The van der Waals surface area contributed by atoms with Crippen LogP contribution in [0.2, 0.25) is 0 Å². The fourth-order valence-electron chi connectivity index (χ4n) is 1.78. The van der Waals surface area contributed by atoms with Crippen molar-refractivity contribution in [3.63, 3.8) is 0 Å². The molecule has 108 valence electrons. The minimum atomic E-state index is 0.229. The smallest absolute Gasteiger partial charge is 0.119 e. The summed E-state index contributed by atoms with van der Waals surface area (Å²) in [6.45, 7) is 6.35. The van der Waals surface area contributed by atoms with Gasteiger partial charge in [0, 0.05) is 12.6 Å². The predicted molar refractivity (Wildman–Crippen MR) is 79.6 cm³/mol. The molecule has 3 nitrogen and oxygen atoms in total. The van der Waals surface area contributed by atoms with Gasteiger partial charge in [0.1, 0.15) is 12.4 Å². The molecule has 1 rings (SSSR count). The maximum atomic E-state index is 5.96. The average molecular weight is 265 g/mol. The van der Waals surface area contributed by atoms with Crippen LogP contribution < -0.4 is 10.5 Å². The third-order valence-corrected chi connectivity index (χ3v) is 3.06. The van der Waals surface area contributed by atoms with E-state index in [0.29, 0.717) is 13.2 Å². The third kappa shape index (κ3) is 7.19. The highest BCUT2D eigenvalue weighted by Crippen LogP contribution is 2.14. The van der Waals surface area contributed by atoms with E-state index < -0.39 is 0 Å². The van der Waals surface area contributed by atoms with Crippen molar-refractivity contribution in [2.75, 3.05) is 19.8 Å². The number of unbranched alkanes of at least 4 members (excludes halogenated alkanes) is 1. The molecule has 2 N–H and O–H groups in total. The molecule has 1 unspecified atom stereocenters. The first-order chi connectivity index (χ1) is 9.26. The monoisotopic (exact) mass is 265 g/mol. The maximum Gasteiger partial charge on any atom is 0.119 e. The van der Waals surface area contributed by atoms with Gasteiger partial charge >= 0.3 is 0 Å². The molecular formula is C16H27NO2. The van der Waals surface area contributed by atoms with E-state index in [-0.39, 0.29) is 6.04 Å². The lowest BCUT2D eigenvalue weighted by atomic mass is 10.0. The molecule has 0 aromatic heterocycles. The Morgan fingerprint density at radius 2 is 2.00 bits per heavy atom. The summed E-state index contributed by atoms with van der Waals surface area (Å²) >= 11 is 0. The highest BCUT2D eigenvalue weighted by atomic mass is 16.5. The minimum Gasteiger partial charge on any atom is -0.491 e. The van der Waals surface area contributed by atoms with E-state index in [1.54, 1.807) is 0 Å². The van der Waals surface area contributed by atoms with Gasteiger partial charge in [0.25, 0.3) is 0 Å². The zero-order valence-electron chi connectivity index (χ0n) is 12.2. The van der Waals surface area contributed by atoms with Crippen LogP contribution in [0, 0.1) is 0 Å². The molecule has 0 amide bonds. The number of ether oxygens (including phenoxy) is 2. The van der Waals surface area contributed by atoms with Crippen molar-refractivity contribution in [1.82, 2.24) is 0 Å². The van der Waals surface area contributed by atoms with Gasteiger partial charge in [-0.1, -0.05) is 32.4 Å². The molecule has 1 aromatic rings. The van der Waals surface area contributed by atoms with Gasteiger partial charge in [-0.3, -0.25) is 0 Å². The van der Waals surface area contributed by atoms with Crippen molar-refractivity contribution in [3.8, 4) is 5.75 Å². The second-order valence-electron chi connectivity index (χ2n) is 4.83. The zero-order valence-corrected chi connectivity index (χ0v) is 12.2. The first-order valence-electron chi connectivity index (χ1n) is 7.31. The summed E-state index contributed by atoms with van der Waals surface area (Å²) in [7, 11) is 0. The van der Waals surface area contributed by atoms with E-state index >= 15 is 0 Å². The first kappa shape index (κ1) is 16.0. The van der Waals surface area contributed by atoms with E-state index in [4.69, 9.17) is 15.2 Å². The maximum absolute atomic E-state index is 5.96. The van der Waals surface area contributed by atoms with Crippen LogP contribution in [-0.2, 0) is 11.2 Å². The first-order valence-corrected chi connectivity index (χ1v) is 7.31. The topological polar surface area (TPSA) is 44.5 Å². The minimum absolute atomic E-state index is 0.229. The predicted octanol–water partition coefficient (Wildman–Crippen LogP) is 3.16. The van der Waals surface area contributed by atoms with Crippen LogP contribution in [0.25, 0.3) is 0 Å². The van der Waals surface area contributed by atoms with Gasteiger partial charge in [0.15, 0.2) is 0 Å². The molecule has 0 saturated heterocycles. The number of hydrogen-bond acceptors (Lipinski definition) is 3. The Morgan fingerprint density at radius 1 is 1.16 bits per heavy atom. The summed E-state index contributed by atoms with van der Waals surface area (Å²) in [6.07, 6.45) is 4.18. The van der Waals surface area contributed by atoms with E-state index in [9.17, 15) is 0 Å². The summed E-state index contributed by atoms with van der Waals surface area (Å²) in [5.74, 6) is 0.903. The second kappa shape index (κ2) is 9.82. The Kier molecular flexibility index (Phi) is 8.26. The highest BCUT2D eigenvalue weighted by molar-refractivity contribution is 5.29. The Morgan fingerprint density at radius 3 is 2.74 bits per heavy atom. The molecule has 3 heteroatoms. The van der Waals surface area contributed by atoms with Crippen molar-refractivity contribution < 1.29 is 9.47 Å². The van der Waals surface area contributed by atoms with Crippen LogP contribution in [-0.4, -0.2) is 25.9 Å². The number of benzene rings is 1. The number of nitrogens with two attached hydrogens (primary N) is 1. The van der Waals surface area contributed by atoms with Crippen LogP contribution in [0.1, 0.15) is 38.7 Å². The molecule has 1 aromatic carbocycles. The molecule has 1 atom stereocenters. The largest absolute Gasteiger partial charge is 0.491 e. The van der Waals surface area contributed by atoms with Crippen molar-refractivity contribution >= 4 is 0 Å². The molecule has 0 aliphatic rings. The summed E-state index contributed by atoms with van der Waals surface area (Å²) in [4.78, 5) is 0. The van der Waals surface area contributed by atoms with Gasteiger partial charge in [0.05, 0.1) is 6.61 Å². The van der Waals surface area contributed by atoms with Crippen molar-refractivity contribution in [2.45, 2.75) is 45.6 Å². The molecular weight excluding hydrogens is 238 g/mol. The van der Waals surface area contributed by atoms with Crippen LogP contribution in [0.3, 0.4) is 0 Å². The van der Waals surface area contributed by atoms with Gasteiger partial charge < -0.3 is 15.2 Å². The van der Waals surface area contributed by atoms with Crippen LogP contribution >= 0.6 is 0 Å². The Labute approximate surface area is 117 Å². The molecule has 0 bridgehead atoms. The average Bonchev–Trinajstić information content (AvgIpc) is 2.43. The summed E-state index contributed by atoms with van der Waals surface area (Å²) in [5, 5.41) is 0. The quantitative estimate of drug-likeness (QED) is 0.661. The molecule has 19 heavy (non-hydrogen) atoms. The van der Waals surface area contributed by atoms with Gasteiger partial charge in [0.2, 0.25) is 0 Å². The third-order valence-electron chi connectivity index (χ3n) is 3.06. The molecule has 0 aliphatic heterocycles. The van der Waals surface area contributed by atoms with Crippen LogP contribution in [0.5, 0.6) is 5.75 Å². The van der Waals surface area contributed by atoms with E-state index in [1.807, 2.05) is 12.1 Å². The SMILES string of the molecule is CCCCOCCOc1cccc(CC(N)CC)c1. The van der Waals surface area contributed by atoms with Crippen molar-refractivity contribution in [2.24, 2.45) is 5.73 Å². The van der Waals surface area contributed by atoms with Crippen LogP contribution in [0.15, 0.2) is 24.3 Å². The molecule has 0 radical (unpaired) electrons. The Hall–Kier alpha value is -1.06. The fraction of sp³-hybridized carbons (Fsp3) is 0.625. The van der Waals surface area contributed by atoms with E-state index in [2.05, 4.69) is 26.0 Å². The van der Waals surface area contributed by atoms with Gasteiger partial charge in [-0.2, -0.15) is 0 Å². The normalized spacial score (nSPS) is 12.4. The molecule has 0 heterocycles. The molecule has 0 spiro atoms. The van der Waals surface area contributed by atoms with Crippen LogP contribution in [0.4, 0.5) is 0 Å². The Balaban J connectivity index is 2.28. The van der Waals surface area contributed by atoms with Gasteiger partial charge in [-0.25, -0.2) is 0 Å². The van der Waals surface area contributed by atoms with Gasteiger partial charge in [-0.05, 0) is 37.0 Å². The molecule has 0 fully saturated rings. The lowest BCUT2D eigenvalue weighted by molar-refractivity contribution is 0.0980. The van der Waals surface area contributed by atoms with Crippen molar-refractivity contribution in [1.29, 1.82) is 0 Å². The number of hydrogen-bond donors (Lipinski definition) is 1. The highest BCUT2D eigenvalue weighted by Gasteiger charge is 2.02. The fourth-order valence-corrected chi connectivity index (χ4v) is 1.78. The van der Waals surface area contributed by atoms with Crippen molar-refractivity contribution in [3.05, 3.63) is 29.8 Å². The molecule has 0 saturated carbocycles. The standard InChI is InChI=1S/C16H27NO2/c1-3-5-9-18-10-11-19-16-8-6-7-14(13-16)12-15(17)4-2/h6-8,13,15H,3-5,9-12,17H2,1-2H3. The summed E-state index contributed by atoms with van der Waals surface area (Å²) in [5.41, 5.74) is 7.20. The molecule has 0 aliphatic carbocycles.